The zero-order valence-electron chi connectivity index (χ0n) is 53.8. The summed E-state index contributed by atoms with van der Waals surface area (Å²) in [6.07, 6.45) is 0. The Morgan fingerprint density at radius 2 is 0.755 bits per heavy atom. The van der Waals surface area contributed by atoms with Crippen molar-refractivity contribution < 1.29 is 41.4 Å². The molecular formula is C52H32O. The van der Waals surface area contributed by atoms with Crippen LogP contribution < -0.4 is 0 Å². The van der Waals surface area contributed by atoms with Crippen LogP contribution in [0, 0.1) is 0 Å². The van der Waals surface area contributed by atoms with Crippen molar-refractivity contribution in [3.8, 4) is 44.5 Å². The average Bonchev–Trinajstić information content (AvgIpc) is 3.31. The quantitative estimate of drug-likeness (QED) is 0.167. The first-order valence-electron chi connectivity index (χ1n) is 29.6. The molecule has 1 heterocycles. The normalized spacial score (nSPS) is 18.9. The molecule has 1 heteroatoms. The van der Waals surface area contributed by atoms with Gasteiger partial charge in [0.1, 0.15) is 11.2 Å². The van der Waals surface area contributed by atoms with E-state index in [4.69, 9.17) is 22.2 Å². The maximum atomic E-state index is 9.77. The van der Waals surface area contributed by atoms with Crippen LogP contribution in [0.4, 0.5) is 0 Å². The lowest BCUT2D eigenvalue weighted by molar-refractivity contribution is 0.669. The first-order valence-corrected chi connectivity index (χ1v) is 16.1. The molecule has 0 aliphatic rings. The molecule has 0 aliphatic carbocycles. The van der Waals surface area contributed by atoms with Gasteiger partial charge < -0.3 is 4.42 Å². The van der Waals surface area contributed by atoms with Gasteiger partial charge >= 0.3 is 0 Å². The molecular weight excluding hydrogens is 641 g/mol. The lowest BCUT2D eigenvalue weighted by Gasteiger charge is -2.19. The minimum absolute atomic E-state index is 0.0165. The van der Waals surface area contributed by atoms with E-state index < -0.39 is 245 Å². The third-order valence-electron chi connectivity index (χ3n) is 8.95. The summed E-state index contributed by atoms with van der Waals surface area (Å²) in [5.41, 5.74) is -4.92. The summed E-state index contributed by atoms with van der Waals surface area (Å²) in [4.78, 5) is 0. The van der Waals surface area contributed by atoms with Crippen LogP contribution in [0.5, 0.6) is 0 Å². The fraction of sp³-hybridized carbons (Fsp3) is 0. The molecule has 0 saturated heterocycles. The number of rotatable bonds is 4. The van der Waals surface area contributed by atoms with Gasteiger partial charge in [0.2, 0.25) is 0 Å². The van der Waals surface area contributed by atoms with Gasteiger partial charge in [-0.3, -0.25) is 0 Å². The predicted octanol–water partition coefficient (Wildman–Crippen LogP) is 14.9. The standard InChI is InChI=1S/C52H32O/c1-2-12-33(13-3-1)36-25-28-41-42-29-26-37(32-50(42)53-49(41)31-36)35-24-27-40-38(30-35)16-11-23-44(40)52-47-20-8-6-18-45(47)51(46-19-7-9-21-48(46)52)43-22-10-15-34-14-4-5-17-39(34)43/h1-32H/i4D,5D,6D,7D,8D,9D,10D,11D,14D,15D,16D,17D,18D,19D,20D,21D,22D,23D,24D,25D,26D,27D,28D,29D,30D,31D,32D. The Kier molecular flexibility index (Phi) is 3.02. The molecule has 0 saturated carbocycles. The van der Waals surface area contributed by atoms with E-state index in [1.165, 1.54) is 0 Å². The van der Waals surface area contributed by atoms with E-state index in [0.717, 1.165) is 0 Å². The van der Waals surface area contributed by atoms with Crippen molar-refractivity contribution in [3.63, 3.8) is 0 Å². The summed E-state index contributed by atoms with van der Waals surface area (Å²) in [5.74, 6) is 0. The van der Waals surface area contributed by atoms with Crippen LogP contribution in [-0.2, 0) is 0 Å². The highest BCUT2D eigenvalue weighted by molar-refractivity contribution is 6.25. The Balaban J connectivity index is 1.35. The van der Waals surface area contributed by atoms with Crippen LogP contribution in [-0.4, -0.2) is 0 Å². The summed E-state index contributed by atoms with van der Waals surface area (Å²) >= 11 is 0. The summed E-state index contributed by atoms with van der Waals surface area (Å²) in [6.45, 7) is 0. The van der Waals surface area contributed by atoms with Crippen molar-refractivity contribution in [2.45, 2.75) is 0 Å². The van der Waals surface area contributed by atoms with E-state index >= 15 is 0 Å². The molecule has 0 N–H and O–H groups in total. The highest BCUT2D eigenvalue weighted by Gasteiger charge is 2.19. The number of hydrogen-bond donors (Lipinski definition) is 0. The maximum Gasteiger partial charge on any atom is 0.136 e. The first kappa shape index (κ1) is 13.5. The molecule has 0 radical (unpaired) electrons. The number of fused-ring (bicyclic) bond motifs is 7. The van der Waals surface area contributed by atoms with Gasteiger partial charge in [0.05, 0.1) is 37.0 Å². The smallest absolute Gasteiger partial charge is 0.136 e. The van der Waals surface area contributed by atoms with Gasteiger partial charge in [0.15, 0.2) is 0 Å². The van der Waals surface area contributed by atoms with E-state index in [9.17, 15) is 19.2 Å². The SMILES string of the molecule is [2H]c1c([2H])c([2H])c2c(-c3c4c([2H])c([2H])c([2H])c([2H])c4c(-c4c([2H])c([2H])c([2H])c5c([2H])c(-c6c([2H])c([2H])c7c(oc8c([2H])c(-c9ccccc9)c([2H])c([2H])c87)c6[2H])c([2H])c([2H])c45)c4c([2H])c([2H])c([2H])c([2H])c34)c([2H])c([2H])c([2H])c2c1[2H]. The number of furan rings is 1. The molecule has 0 fully saturated rings. The van der Waals surface area contributed by atoms with Crippen molar-refractivity contribution in [3.05, 3.63) is 193 Å². The van der Waals surface area contributed by atoms with Crippen molar-refractivity contribution in [2.75, 3.05) is 0 Å². The van der Waals surface area contributed by atoms with Crippen LogP contribution in [0.1, 0.15) is 37.0 Å². The third kappa shape index (κ3) is 4.71. The maximum absolute atomic E-state index is 9.77. The number of hydrogen-bond acceptors (Lipinski definition) is 1. The Bertz CT molecular complexity index is 4690. The van der Waals surface area contributed by atoms with Gasteiger partial charge in [0.25, 0.3) is 0 Å². The molecule has 53 heavy (non-hydrogen) atoms. The van der Waals surface area contributed by atoms with Gasteiger partial charge in [-0.1, -0.05) is 163 Å². The van der Waals surface area contributed by atoms with E-state index in [0.29, 0.717) is 5.56 Å². The third-order valence-corrected chi connectivity index (χ3v) is 8.95. The van der Waals surface area contributed by atoms with Crippen LogP contribution >= 0.6 is 0 Å². The van der Waals surface area contributed by atoms with Crippen molar-refractivity contribution in [2.24, 2.45) is 0 Å². The average molecular weight is 700 g/mol. The van der Waals surface area contributed by atoms with Gasteiger partial charge in [-0.25, -0.2) is 0 Å². The van der Waals surface area contributed by atoms with Gasteiger partial charge in [-0.2, -0.15) is 0 Å². The second-order valence-electron chi connectivity index (χ2n) is 11.9. The van der Waals surface area contributed by atoms with Gasteiger partial charge in [0, 0.05) is 10.8 Å². The highest BCUT2D eigenvalue weighted by Crippen LogP contribution is 2.47. The molecule has 0 spiro atoms. The largest absolute Gasteiger partial charge is 0.456 e. The van der Waals surface area contributed by atoms with Gasteiger partial charge in [-0.15, -0.1) is 0 Å². The highest BCUT2D eigenvalue weighted by atomic mass is 16.3. The lowest BCUT2D eigenvalue weighted by atomic mass is 9.83. The summed E-state index contributed by atoms with van der Waals surface area (Å²) < 4.78 is 254. The lowest BCUT2D eigenvalue weighted by Crippen LogP contribution is -1.92. The molecule has 0 unspecified atom stereocenters. The molecule has 246 valence electrons. The fourth-order valence-corrected chi connectivity index (χ4v) is 6.60. The fourth-order valence-electron chi connectivity index (χ4n) is 6.60. The molecule has 0 aliphatic heterocycles. The Labute approximate surface area is 344 Å². The monoisotopic (exact) mass is 699 g/mol. The molecule has 1 nitrogen and oxygen atoms in total. The number of benzene rings is 10. The minimum atomic E-state index is -1.05. The van der Waals surface area contributed by atoms with Gasteiger partial charge in [-0.05, 0) is 118 Å². The molecule has 11 aromatic rings. The van der Waals surface area contributed by atoms with Crippen LogP contribution in [0.3, 0.4) is 0 Å². The van der Waals surface area contributed by atoms with Crippen molar-refractivity contribution in [1.82, 2.24) is 0 Å². The summed E-state index contributed by atoms with van der Waals surface area (Å²) in [6, 6.07) is -16.0. The van der Waals surface area contributed by atoms with E-state index in [2.05, 4.69) is 0 Å². The Morgan fingerprint density at radius 1 is 0.321 bits per heavy atom. The topological polar surface area (TPSA) is 13.1 Å². The zero-order valence-corrected chi connectivity index (χ0v) is 26.8. The van der Waals surface area contributed by atoms with Crippen LogP contribution in [0.15, 0.2) is 198 Å². The molecule has 1 aromatic heterocycles. The molecule has 0 bridgehead atoms. The van der Waals surface area contributed by atoms with Crippen LogP contribution in [0.25, 0.3) is 110 Å². The van der Waals surface area contributed by atoms with Crippen molar-refractivity contribution in [1.29, 1.82) is 0 Å². The van der Waals surface area contributed by atoms with E-state index in [-0.39, 0.29) is 21.9 Å². The summed E-state index contributed by atoms with van der Waals surface area (Å²) in [5, 5.41) is -6.35. The second kappa shape index (κ2) is 11.8. The van der Waals surface area contributed by atoms with E-state index in [1.54, 1.807) is 30.3 Å². The summed E-state index contributed by atoms with van der Waals surface area (Å²) in [7, 11) is 0. The van der Waals surface area contributed by atoms with Crippen molar-refractivity contribution >= 4 is 65.0 Å². The molecule has 0 amide bonds. The Hall–Kier alpha value is -6.96. The van der Waals surface area contributed by atoms with Crippen LogP contribution in [0.2, 0.25) is 0 Å². The zero-order chi connectivity index (χ0) is 58.4. The predicted molar refractivity (Wildman–Crippen MR) is 225 cm³/mol. The minimum Gasteiger partial charge on any atom is -0.456 e. The van der Waals surface area contributed by atoms with E-state index in [1.807, 2.05) is 0 Å². The molecule has 0 atom stereocenters. The molecule has 10 aromatic carbocycles. The first-order chi connectivity index (χ1) is 37.6. The second-order valence-corrected chi connectivity index (χ2v) is 11.9. The molecule has 11 rings (SSSR count). The Morgan fingerprint density at radius 3 is 1.34 bits per heavy atom.